The number of hydrogen-bond donors (Lipinski definition) is 0. The summed E-state index contributed by atoms with van der Waals surface area (Å²) in [7, 11) is -3.89. The van der Waals surface area contributed by atoms with Gasteiger partial charge >= 0.3 is 0 Å². The third-order valence-electron chi connectivity index (χ3n) is 2.11. The van der Waals surface area contributed by atoms with Gasteiger partial charge in [-0.25, -0.2) is 8.42 Å². The third-order valence-corrected chi connectivity index (χ3v) is 3.91. The van der Waals surface area contributed by atoms with E-state index in [4.69, 9.17) is 0 Å². The Kier molecular flexibility index (Phi) is 5.20. The van der Waals surface area contributed by atoms with Crippen molar-refractivity contribution in [1.82, 2.24) is 0 Å². The normalized spacial score (nSPS) is 12.4. The lowest BCUT2D eigenvalue weighted by Gasteiger charge is -2.13. The molecule has 0 spiro atoms. The van der Waals surface area contributed by atoms with Gasteiger partial charge in [-0.15, -0.1) is 20.2 Å². The Balaban J connectivity index is 2.82. The van der Waals surface area contributed by atoms with Crippen LogP contribution >= 0.6 is 0 Å². The van der Waals surface area contributed by atoms with E-state index in [-0.39, 0.29) is 4.90 Å². The zero-order chi connectivity index (χ0) is 15.2. The molecule has 1 rings (SSSR count). The molecule has 0 aliphatic carbocycles. The maximum absolute atomic E-state index is 11.9. The summed E-state index contributed by atoms with van der Waals surface area (Å²) in [6, 6.07) is 7.15. The van der Waals surface area contributed by atoms with Crippen LogP contribution in [-0.2, 0) is 19.5 Å². The van der Waals surface area contributed by atoms with E-state index < -0.39 is 38.5 Å². The molecule has 0 radical (unpaired) electrons. The third kappa shape index (κ3) is 5.06. The van der Waals surface area contributed by atoms with Crippen molar-refractivity contribution >= 4 is 9.84 Å². The average Bonchev–Trinajstić information content (AvgIpc) is 2.36. The number of rotatable bonds is 8. The number of sulfone groups is 1. The molecule has 0 saturated heterocycles. The predicted molar refractivity (Wildman–Crippen MR) is 63.3 cm³/mol. The number of hydrogen-bond acceptors (Lipinski definition) is 8. The smallest absolute Gasteiger partial charge is 0.294 e. The van der Waals surface area contributed by atoms with Crippen molar-refractivity contribution in [3.8, 4) is 0 Å². The van der Waals surface area contributed by atoms with Gasteiger partial charge in [-0.3, -0.25) is 0 Å². The van der Waals surface area contributed by atoms with Crippen LogP contribution in [0.4, 0.5) is 0 Å². The van der Waals surface area contributed by atoms with E-state index in [0.29, 0.717) is 0 Å². The first-order valence-electron chi connectivity index (χ1n) is 5.17. The lowest BCUT2D eigenvalue weighted by Crippen LogP contribution is -2.31. The molecule has 1 atom stereocenters. The molecule has 1 aromatic carbocycles. The predicted octanol–water partition coefficient (Wildman–Crippen LogP) is 0.245. The summed E-state index contributed by atoms with van der Waals surface area (Å²) in [6.07, 6.45) is -1.60. The second kappa shape index (κ2) is 6.65. The molecule has 110 valence electrons. The molecule has 0 saturated carbocycles. The van der Waals surface area contributed by atoms with Gasteiger partial charge in [0.2, 0.25) is 0 Å². The molecule has 0 aliphatic rings. The van der Waals surface area contributed by atoms with E-state index in [0.717, 1.165) is 0 Å². The molecule has 0 fully saturated rings. The Labute approximate surface area is 113 Å². The van der Waals surface area contributed by atoms with Crippen molar-refractivity contribution in [3.63, 3.8) is 0 Å². The summed E-state index contributed by atoms with van der Waals surface area (Å²) in [6.45, 7) is -0.861. The highest BCUT2D eigenvalue weighted by Crippen LogP contribution is 2.13. The van der Waals surface area contributed by atoms with Gasteiger partial charge in [0.25, 0.3) is 10.2 Å². The van der Waals surface area contributed by atoms with Gasteiger partial charge in [-0.05, 0) is 12.1 Å². The molecular weight excluding hydrogens is 296 g/mol. The van der Waals surface area contributed by atoms with Crippen LogP contribution in [0.1, 0.15) is 0 Å². The topological polar surface area (TPSA) is 139 Å². The molecular formula is C9H10N2O8S. The highest BCUT2D eigenvalue weighted by molar-refractivity contribution is 7.91. The van der Waals surface area contributed by atoms with Gasteiger partial charge < -0.3 is 9.68 Å². The number of benzene rings is 1. The molecule has 0 N–H and O–H groups in total. The first-order valence-corrected chi connectivity index (χ1v) is 6.83. The molecule has 1 unspecified atom stereocenters. The molecule has 10 nitrogen and oxygen atoms in total. The van der Waals surface area contributed by atoms with Crippen LogP contribution < -0.4 is 0 Å². The lowest BCUT2D eigenvalue weighted by atomic mass is 10.4. The average molecular weight is 306 g/mol. The van der Waals surface area contributed by atoms with Crippen molar-refractivity contribution in [3.05, 3.63) is 50.6 Å². The van der Waals surface area contributed by atoms with Gasteiger partial charge in [0.05, 0.1) is 10.6 Å². The monoisotopic (exact) mass is 306 g/mol. The largest absolute Gasteiger partial charge is 0.312 e. The molecule has 0 aromatic heterocycles. The first-order chi connectivity index (χ1) is 9.31. The fraction of sp³-hybridized carbons (Fsp3) is 0.333. The Hall–Kier alpha value is -2.43. The highest BCUT2D eigenvalue weighted by Gasteiger charge is 2.25. The molecule has 1 aromatic rings. The van der Waals surface area contributed by atoms with Crippen LogP contribution in [0.5, 0.6) is 0 Å². The van der Waals surface area contributed by atoms with Gasteiger partial charge in [-0.2, -0.15) is 0 Å². The van der Waals surface area contributed by atoms with Crippen LogP contribution in [0.25, 0.3) is 0 Å². The van der Waals surface area contributed by atoms with Crippen molar-refractivity contribution in [2.24, 2.45) is 0 Å². The summed E-state index contributed by atoms with van der Waals surface area (Å²) in [5, 5.41) is 17.9. The van der Waals surface area contributed by atoms with E-state index in [1.807, 2.05) is 0 Å². The fourth-order valence-electron chi connectivity index (χ4n) is 1.34. The van der Waals surface area contributed by atoms with Crippen molar-refractivity contribution in [2.75, 3.05) is 12.4 Å². The van der Waals surface area contributed by atoms with E-state index in [1.165, 1.54) is 24.3 Å². The summed E-state index contributed by atoms with van der Waals surface area (Å²) in [4.78, 5) is 28.2. The first kappa shape index (κ1) is 15.6. The second-order valence-electron chi connectivity index (χ2n) is 3.56. The van der Waals surface area contributed by atoms with Gasteiger partial charge in [-0.1, -0.05) is 18.2 Å². The van der Waals surface area contributed by atoms with Gasteiger partial charge in [0.15, 0.2) is 9.84 Å². The number of nitrogens with zero attached hydrogens (tertiary/aromatic N) is 2. The van der Waals surface area contributed by atoms with E-state index in [9.17, 15) is 28.6 Å². The van der Waals surface area contributed by atoms with Crippen LogP contribution in [0.2, 0.25) is 0 Å². The SMILES string of the molecule is O=[N+]([O-])OCC(CS(=O)(=O)c1ccccc1)O[N+](=O)[O-]. The minimum atomic E-state index is -3.89. The Morgan fingerprint density at radius 2 is 1.70 bits per heavy atom. The van der Waals surface area contributed by atoms with E-state index in [2.05, 4.69) is 9.68 Å². The summed E-state index contributed by atoms with van der Waals surface area (Å²) in [5.74, 6) is -0.814. The van der Waals surface area contributed by atoms with Gasteiger partial charge in [0.1, 0.15) is 12.7 Å². The van der Waals surface area contributed by atoms with Crippen LogP contribution in [0.3, 0.4) is 0 Å². The molecule has 0 aliphatic heterocycles. The summed E-state index contributed by atoms with van der Waals surface area (Å²) < 4.78 is 23.9. The van der Waals surface area contributed by atoms with Crippen molar-refractivity contribution < 1.29 is 28.3 Å². The Bertz CT molecular complexity index is 573. The lowest BCUT2D eigenvalue weighted by molar-refractivity contribution is -0.788. The van der Waals surface area contributed by atoms with E-state index in [1.54, 1.807) is 6.07 Å². The Morgan fingerprint density at radius 3 is 2.20 bits per heavy atom. The van der Waals surface area contributed by atoms with Crippen LogP contribution in [0, 0.1) is 20.2 Å². The van der Waals surface area contributed by atoms with E-state index >= 15 is 0 Å². The summed E-state index contributed by atoms with van der Waals surface area (Å²) in [5.41, 5.74) is 0. The van der Waals surface area contributed by atoms with Crippen LogP contribution in [-0.4, -0.2) is 37.1 Å². The minimum absolute atomic E-state index is 0.0712. The zero-order valence-corrected chi connectivity index (χ0v) is 10.8. The molecule has 0 bridgehead atoms. The van der Waals surface area contributed by atoms with Crippen molar-refractivity contribution in [1.29, 1.82) is 0 Å². The minimum Gasteiger partial charge on any atom is -0.312 e. The van der Waals surface area contributed by atoms with Crippen molar-refractivity contribution in [2.45, 2.75) is 11.0 Å². The fourth-order valence-corrected chi connectivity index (χ4v) is 2.75. The Morgan fingerprint density at radius 1 is 1.10 bits per heavy atom. The van der Waals surface area contributed by atoms with Gasteiger partial charge in [0, 0.05) is 0 Å². The molecule has 0 heterocycles. The maximum atomic E-state index is 11.9. The standard InChI is InChI=1S/C9H10N2O8S/c12-10(13)18-6-8(19-11(14)15)7-20(16,17)9-4-2-1-3-5-9/h1-5,8H,6-7H2. The molecule has 0 amide bonds. The molecule has 11 heteroatoms. The second-order valence-corrected chi connectivity index (χ2v) is 5.60. The quantitative estimate of drug-likeness (QED) is 0.491. The van der Waals surface area contributed by atoms with Crippen LogP contribution in [0.15, 0.2) is 35.2 Å². The summed E-state index contributed by atoms with van der Waals surface area (Å²) >= 11 is 0. The maximum Gasteiger partial charge on any atom is 0.294 e. The molecule has 20 heavy (non-hydrogen) atoms. The highest BCUT2D eigenvalue weighted by atomic mass is 32.2. The zero-order valence-electron chi connectivity index (χ0n) is 9.95.